The molecular formula is C9H21N. The fourth-order valence-corrected chi connectivity index (χ4v) is 1.08. The quantitative estimate of drug-likeness (QED) is 0.637. The first kappa shape index (κ1) is 9.96. The summed E-state index contributed by atoms with van der Waals surface area (Å²) >= 11 is 0. The minimum atomic E-state index is 0.502. The monoisotopic (exact) mass is 143 g/mol. The van der Waals surface area contributed by atoms with E-state index < -0.39 is 0 Å². The first-order valence-electron chi connectivity index (χ1n) is 4.19. The smallest absolute Gasteiger partial charge is 0.00408 e. The average Bonchev–Trinajstić information content (AvgIpc) is 1.87. The van der Waals surface area contributed by atoms with Crippen molar-refractivity contribution in [3.63, 3.8) is 0 Å². The molecule has 0 saturated carbocycles. The van der Waals surface area contributed by atoms with E-state index in [0.717, 1.165) is 0 Å². The molecular weight excluding hydrogens is 122 g/mol. The molecule has 0 fully saturated rings. The molecule has 0 spiro atoms. The van der Waals surface area contributed by atoms with Crippen LogP contribution in [0.25, 0.3) is 0 Å². The second-order valence-electron chi connectivity index (χ2n) is 3.91. The molecule has 62 valence electrons. The van der Waals surface area contributed by atoms with Crippen molar-refractivity contribution in [2.75, 3.05) is 7.05 Å². The molecule has 0 aliphatic heterocycles. The Labute approximate surface area is 65.2 Å². The minimum Gasteiger partial charge on any atom is -0.317 e. The second kappa shape index (κ2) is 3.97. The molecule has 1 N–H and O–H groups in total. The van der Waals surface area contributed by atoms with Crippen LogP contribution in [0.5, 0.6) is 0 Å². The standard InChI is InChI=1S/C9H21N/c1-6-9(3,4)7-8(2)10-5/h8,10H,6-7H2,1-5H3. The van der Waals surface area contributed by atoms with Crippen LogP contribution in [-0.2, 0) is 0 Å². The first-order chi connectivity index (χ1) is 4.52. The normalized spacial score (nSPS) is 15.3. The highest BCUT2D eigenvalue weighted by molar-refractivity contribution is 4.72. The lowest BCUT2D eigenvalue weighted by molar-refractivity contribution is 0.285. The van der Waals surface area contributed by atoms with Crippen LogP contribution in [0.1, 0.15) is 40.5 Å². The van der Waals surface area contributed by atoms with Crippen molar-refractivity contribution in [2.24, 2.45) is 5.41 Å². The molecule has 0 aromatic carbocycles. The average molecular weight is 143 g/mol. The summed E-state index contributed by atoms with van der Waals surface area (Å²) in [7, 11) is 2.02. The van der Waals surface area contributed by atoms with Crippen LogP contribution in [0, 0.1) is 5.41 Å². The number of nitrogens with one attached hydrogen (secondary N) is 1. The van der Waals surface area contributed by atoms with E-state index in [0.29, 0.717) is 11.5 Å². The highest BCUT2D eigenvalue weighted by Gasteiger charge is 2.17. The molecule has 0 aromatic rings. The largest absolute Gasteiger partial charge is 0.317 e. The molecule has 10 heavy (non-hydrogen) atoms. The zero-order chi connectivity index (χ0) is 8.20. The van der Waals surface area contributed by atoms with Crippen LogP contribution in [0.3, 0.4) is 0 Å². The maximum Gasteiger partial charge on any atom is 0.00408 e. The Hall–Kier alpha value is -0.0400. The van der Waals surface area contributed by atoms with Crippen LogP contribution < -0.4 is 5.32 Å². The van der Waals surface area contributed by atoms with Crippen molar-refractivity contribution in [1.82, 2.24) is 5.32 Å². The Morgan fingerprint density at radius 2 is 1.90 bits per heavy atom. The maximum atomic E-state index is 3.26. The van der Waals surface area contributed by atoms with Crippen LogP contribution in [0.15, 0.2) is 0 Å². The Morgan fingerprint density at radius 3 is 2.20 bits per heavy atom. The molecule has 1 unspecified atom stereocenters. The van der Waals surface area contributed by atoms with E-state index in [1.807, 2.05) is 7.05 Å². The van der Waals surface area contributed by atoms with E-state index in [4.69, 9.17) is 0 Å². The van der Waals surface area contributed by atoms with E-state index in [1.54, 1.807) is 0 Å². The van der Waals surface area contributed by atoms with Gasteiger partial charge in [0.25, 0.3) is 0 Å². The Morgan fingerprint density at radius 1 is 1.40 bits per heavy atom. The summed E-state index contributed by atoms with van der Waals surface area (Å²) in [6.07, 6.45) is 2.53. The van der Waals surface area contributed by atoms with Gasteiger partial charge >= 0.3 is 0 Å². The van der Waals surface area contributed by atoms with E-state index in [1.165, 1.54) is 12.8 Å². The molecule has 0 rings (SSSR count). The van der Waals surface area contributed by atoms with Crippen LogP contribution >= 0.6 is 0 Å². The molecule has 0 aromatic heterocycles. The Bertz CT molecular complexity index is 86.7. The van der Waals surface area contributed by atoms with Gasteiger partial charge in [0, 0.05) is 6.04 Å². The van der Waals surface area contributed by atoms with Crippen molar-refractivity contribution in [3.8, 4) is 0 Å². The van der Waals surface area contributed by atoms with Gasteiger partial charge in [0.05, 0.1) is 0 Å². The molecule has 1 heteroatoms. The predicted molar refractivity (Wildman–Crippen MR) is 47.2 cm³/mol. The van der Waals surface area contributed by atoms with Gasteiger partial charge in [0.1, 0.15) is 0 Å². The third kappa shape index (κ3) is 3.89. The van der Waals surface area contributed by atoms with E-state index >= 15 is 0 Å². The molecule has 0 bridgehead atoms. The summed E-state index contributed by atoms with van der Waals surface area (Å²) in [5.41, 5.74) is 0.502. The van der Waals surface area contributed by atoms with Crippen molar-refractivity contribution in [1.29, 1.82) is 0 Å². The zero-order valence-corrected chi connectivity index (χ0v) is 7.99. The van der Waals surface area contributed by atoms with E-state index in [-0.39, 0.29) is 0 Å². The number of rotatable bonds is 4. The third-order valence-corrected chi connectivity index (χ3v) is 2.31. The van der Waals surface area contributed by atoms with E-state index in [9.17, 15) is 0 Å². The topological polar surface area (TPSA) is 12.0 Å². The van der Waals surface area contributed by atoms with Crippen LogP contribution in [-0.4, -0.2) is 13.1 Å². The molecule has 1 atom stereocenters. The summed E-state index contributed by atoms with van der Waals surface area (Å²) in [5.74, 6) is 0. The van der Waals surface area contributed by atoms with Crippen molar-refractivity contribution in [2.45, 2.75) is 46.6 Å². The van der Waals surface area contributed by atoms with E-state index in [2.05, 4.69) is 33.0 Å². The predicted octanol–water partition coefficient (Wildman–Crippen LogP) is 2.42. The number of hydrogen-bond acceptors (Lipinski definition) is 1. The SMILES string of the molecule is CCC(C)(C)CC(C)NC. The van der Waals surface area contributed by atoms with Crippen molar-refractivity contribution >= 4 is 0 Å². The van der Waals surface area contributed by atoms with Gasteiger partial charge in [-0.2, -0.15) is 0 Å². The Kier molecular flexibility index (Phi) is 3.95. The van der Waals surface area contributed by atoms with Gasteiger partial charge in [0.15, 0.2) is 0 Å². The molecule has 0 amide bonds. The summed E-state index contributed by atoms with van der Waals surface area (Å²) in [5, 5.41) is 3.26. The summed E-state index contributed by atoms with van der Waals surface area (Å²) in [4.78, 5) is 0. The highest BCUT2D eigenvalue weighted by atomic mass is 14.9. The third-order valence-electron chi connectivity index (χ3n) is 2.31. The minimum absolute atomic E-state index is 0.502. The highest BCUT2D eigenvalue weighted by Crippen LogP contribution is 2.25. The summed E-state index contributed by atoms with van der Waals surface area (Å²) < 4.78 is 0. The maximum absolute atomic E-state index is 3.26. The van der Waals surface area contributed by atoms with Gasteiger partial charge in [-0.15, -0.1) is 0 Å². The van der Waals surface area contributed by atoms with Gasteiger partial charge in [-0.3, -0.25) is 0 Å². The Balaban J connectivity index is 3.64. The van der Waals surface area contributed by atoms with Gasteiger partial charge in [-0.25, -0.2) is 0 Å². The fraction of sp³-hybridized carbons (Fsp3) is 1.00. The lowest BCUT2D eigenvalue weighted by atomic mass is 9.84. The van der Waals surface area contributed by atoms with Crippen molar-refractivity contribution < 1.29 is 0 Å². The molecule has 0 aliphatic carbocycles. The zero-order valence-electron chi connectivity index (χ0n) is 7.99. The molecule has 0 heterocycles. The summed E-state index contributed by atoms with van der Waals surface area (Å²) in [6, 6.07) is 0.648. The fourth-order valence-electron chi connectivity index (χ4n) is 1.08. The van der Waals surface area contributed by atoms with Crippen molar-refractivity contribution in [3.05, 3.63) is 0 Å². The van der Waals surface area contributed by atoms with Gasteiger partial charge in [-0.1, -0.05) is 27.2 Å². The number of hydrogen-bond donors (Lipinski definition) is 1. The first-order valence-corrected chi connectivity index (χ1v) is 4.19. The van der Waals surface area contributed by atoms with Gasteiger partial charge in [-0.05, 0) is 25.8 Å². The molecule has 1 nitrogen and oxygen atoms in total. The second-order valence-corrected chi connectivity index (χ2v) is 3.91. The molecule has 0 radical (unpaired) electrons. The van der Waals surface area contributed by atoms with Crippen LogP contribution in [0.2, 0.25) is 0 Å². The lowest BCUT2D eigenvalue weighted by Gasteiger charge is -2.26. The lowest BCUT2D eigenvalue weighted by Crippen LogP contribution is -2.27. The molecule has 0 saturated heterocycles. The van der Waals surface area contributed by atoms with Gasteiger partial charge < -0.3 is 5.32 Å². The van der Waals surface area contributed by atoms with Crippen LogP contribution in [0.4, 0.5) is 0 Å². The molecule has 0 aliphatic rings. The van der Waals surface area contributed by atoms with Gasteiger partial charge in [0.2, 0.25) is 0 Å². The summed E-state index contributed by atoms with van der Waals surface area (Å²) in [6.45, 7) is 9.13.